The topological polar surface area (TPSA) is 70.9 Å². The number of hydrogen-bond donors (Lipinski definition) is 0. The van der Waals surface area contributed by atoms with Crippen molar-refractivity contribution in [3.8, 4) is 0 Å². The van der Waals surface area contributed by atoms with Gasteiger partial charge in [0.2, 0.25) is 11.1 Å². The Balaban J connectivity index is 1.55. The summed E-state index contributed by atoms with van der Waals surface area (Å²) in [4.78, 5) is 26.5. The third-order valence-corrected chi connectivity index (χ3v) is 6.02. The molecule has 1 fully saturated rings. The molecular formula is C24H27N5O2S. The lowest BCUT2D eigenvalue weighted by Gasteiger charge is -2.32. The Morgan fingerprint density at radius 1 is 1.09 bits per heavy atom. The lowest BCUT2D eigenvalue weighted by atomic mass is 9.95. The van der Waals surface area contributed by atoms with Crippen molar-refractivity contribution in [2.45, 2.75) is 12.8 Å². The fourth-order valence-corrected chi connectivity index (χ4v) is 4.24. The van der Waals surface area contributed by atoms with Crippen LogP contribution in [0.3, 0.4) is 0 Å². The molecule has 3 aromatic rings. The fraction of sp³-hybridized carbons (Fsp3) is 0.333. The van der Waals surface area contributed by atoms with E-state index >= 15 is 0 Å². The van der Waals surface area contributed by atoms with Crippen LogP contribution in [0.2, 0.25) is 0 Å². The lowest BCUT2D eigenvalue weighted by molar-refractivity contribution is 0.0638. The van der Waals surface area contributed by atoms with E-state index in [1.54, 1.807) is 0 Å². The predicted octanol–water partition coefficient (Wildman–Crippen LogP) is 3.80. The number of morpholine rings is 1. The second-order valence-corrected chi connectivity index (χ2v) is 8.61. The molecule has 0 amide bonds. The first kappa shape index (κ1) is 22.1. The first-order valence-electron chi connectivity index (χ1n) is 10.6. The van der Waals surface area contributed by atoms with Crippen molar-refractivity contribution >= 4 is 28.4 Å². The summed E-state index contributed by atoms with van der Waals surface area (Å²) in [7, 11) is 3.96. The van der Waals surface area contributed by atoms with Crippen molar-refractivity contribution < 1.29 is 9.53 Å². The zero-order chi connectivity index (χ0) is 22.5. The van der Waals surface area contributed by atoms with Crippen LogP contribution in [0.1, 0.15) is 40.2 Å². The van der Waals surface area contributed by atoms with E-state index < -0.39 is 0 Å². The molecule has 166 valence electrons. The smallest absolute Gasteiger partial charge is 0.232 e. The average molecular weight is 450 g/mol. The number of aliphatic imine (C=N–C) groups is 1. The number of aromatic nitrogens is 2. The van der Waals surface area contributed by atoms with Gasteiger partial charge in [0.1, 0.15) is 0 Å². The number of carbonyl (C=O) groups excluding carboxylic acids is 1. The number of benzene rings is 2. The Hall–Kier alpha value is -3.10. The summed E-state index contributed by atoms with van der Waals surface area (Å²) >= 11 is 1.29. The molecule has 0 bridgehead atoms. The van der Waals surface area contributed by atoms with E-state index in [1.165, 1.54) is 11.5 Å². The van der Waals surface area contributed by atoms with Crippen LogP contribution in [0.25, 0.3) is 0 Å². The van der Waals surface area contributed by atoms with Gasteiger partial charge in [-0.1, -0.05) is 55.5 Å². The minimum absolute atomic E-state index is 0.0114. The van der Waals surface area contributed by atoms with Crippen LogP contribution in [0, 0.1) is 0 Å². The maximum Gasteiger partial charge on any atom is 0.232 e. The van der Waals surface area contributed by atoms with Crippen LogP contribution in [0.5, 0.6) is 0 Å². The Labute approximate surface area is 192 Å². The van der Waals surface area contributed by atoms with Gasteiger partial charge >= 0.3 is 0 Å². The van der Waals surface area contributed by atoms with Gasteiger partial charge in [0.15, 0.2) is 11.6 Å². The van der Waals surface area contributed by atoms with Gasteiger partial charge in [-0.15, -0.1) is 0 Å². The van der Waals surface area contributed by atoms with Crippen molar-refractivity contribution in [3.05, 3.63) is 77.1 Å². The number of guanidine groups is 1. The highest BCUT2D eigenvalue weighted by molar-refractivity contribution is 7.09. The Kier molecular flexibility index (Phi) is 6.92. The largest absolute Gasteiger partial charge is 0.378 e. The van der Waals surface area contributed by atoms with E-state index in [0.29, 0.717) is 35.3 Å². The Bertz CT molecular complexity index is 1090. The number of rotatable bonds is 5. The highest BCUT2D eigenvalue weighted by atomic mass is 32.1. The van der Waals surface area contributed by atoms with Crippen LogP contribution >= 0.6 is 11.5 Å². The molecule has 8 heteroatoms. The van der Waals surface area contributed by atoms with E-state index in [2.05, 4.69) is 21.2 Å². The zero-order valence-electron chi connectivity index (χ0n) is 18.6. The molecule has 32 heavy (non-hydrogen) atoms. The molecule has 0 spiro atoms. The monoisotopic (exact) mass is 449 g/mol. The molecule has 0 saturated carbocycles. The first-order chi connectivity index (χ1) is 15.5. The third kappa shape index (κ3) is 5.03. The van der Waals surface area contributed by atoms with Gasteiger partial charge in [0.05, 0.1) is 13.2 Å². The van der Waals surface area contributed by atoms with E-state index in [0.717, 1.165) is 24.6 Å². The number of hydrogen-bond acceptors (Lipinski definition) is 6. The molecule has 2 heterocycles. The Morgan fingerprint density at radius 2 is 1.81 bits per heavy atom. The fourth-order valence-electron chi connectivity index (χ4n) is 3.60. The molecule has 2 aromatic carbocycles. The number of ether oxygens (including phenoxy) is 1. The summed E-state index contributed by atoms with van der Waals surface area (Å²) in [6, 6.07) is 17.0. The molecule has 0 N–H and O–H groups in total. The van der Waals surface area contributed by atoms with E-state index in [-0.39, 0.29) is 11.7 Å². The molecule has 1 unspecified atom stereocenters. The lowest BCUT2D eigenvalue weighted by Crippen LogP contribution is -2.46. The third-order valence-electron chi connectivity index (χ3n) is 5.39. The normalized spacial score (nSPS) is 15.5. The molecule has 1 atom stereocenters. The average Bonchev–Trinajstić information content (AvgIpc) is 3.31. The maximum atomic E-state index is 12.8. The minimum atomic E-state index is -0.0510. The summed E-state index contributed by atoms with van der Waals surface area (Å²) in [5.41, 5.74) is 2.34. The van der Waals surface area contributed by atoms with Gasteiger partial charge in [0.25, 0.3) is 0 Å². The van der Waals surface area contributed by atoms with Crippen LogP contribution in [-0.2, 0) is 4.74 Å². The van der Waals surface area contributed by atoms with Crippen LogP contribution < -0.4 is 0 Å². The first-order valence-corrected chi connectivity index (χ1v) is 11.4. The maximum absolute atomic E-state index is 12.8. The van der Waals surface area contributed by atoms with Crippen molar-refractivity contribution in [2.75, 3.05) is 40.4 Å². The van der Waals surface area contributed by atoms with Gasteiger partial charge in [0, 0.05) is 55.8 Å². The van der Waals surface area contributed by atoms with E-state index in [9.17, 15) is 4.79 Å². The summed E-state index contributed by atoms with van der Waals surface area (Å²) in [5.74, 6) is 1.53. The predicted molar refractivity (Wildman–Crippen MR) is 127 cm³/mol. The van der Waals surface area contributed by atoms with Gasteiger partial charge in [-0.25, -0.2) is 4.98 Å². The molecule has 1 saturated heterocycles. The van der Waals surface area contributed by atoms with Crippen molar-refractivity contribution in [2.24, 2.45) is 4.99 Å². The summed E-state index contributed by atoms with van der Waals surface area (Å²) in [5, 5.41) is 0.624. The van der Waals surface area contributed by atoms with Gasteiger partial charge in [-0.3, -0.25) is 4.79 Å². The molecule has 4 rings (SSSR count). The van der Waals surface area contributed by atoms with E-state index in [4.69, 9.17) is 9.73 Å². The van der Waals surface area contributed by atoms with Gasteiger partial charge < -0.3 is 14.5 Å². The second-order valence-electron chi connectivity index (χ2n) is 7.88. The van der Waals surface area contributed by atoms with Gasteiger partial charge in [-0.2, -0.15) is 9.37 Å². The molecule has 1 aliphatic rings. The summed E-state index contributed by atoms with van der Waals surface area (Å²) in [6.45, 7) is 5.06. The number of carbonyl (C=O) groups is 1. The van der Waals surface area contributed by atoms with Crippen LogP contribution in [-0.4, -0.2) is 71.3 Å². The van der Waals surface area contributed by atoms with Crippen molar-refractivity contribution in [1.29, 1.82) is 0 Å². The van der Waals surface area contributed by atoms with Crippen LogP contribution in [0.4, 0.5) is 5.13 Å². The second kappa shape index (κ2) is 10.0. The van der Waals surface area contributed by atoms with Crippen molar-refractivity contribution in [3.63, 3.8) is 0 Å². The molecular weight excluding hydrogens is 422 g/mol. The molecule has 7 nitrogen and oxygen atoms in total. The van der Waals surface area contributed by atoms with Crippen LogP contribution in [0.15, 0.2) is 59.6 Å². The molecule has 1 aliphatic heterocycles. The molecule has 0 radical (unpaired) electrons. The standard InChI is InChI=1S/C24H27N5O2S/c1-17(19-10-7-11-20(16-19)21(30)18-8-5-4-6-9-18)22-25-23(32-27-22)26-24(28(2)3)29-12-14-31-15-13-29/h4-11,16-17H,12-15H2,1-3H3/b26-24+. The summed E-state index contributed by atoms with van der Waals surface area (Å²) in [6.07, 6.45) is 0. The van der Waals surface area contributed by atoms with Crippen molar-refractivity contribution in [1.82, 2.24) is 19.2 Å². The highest BCUT2D eigenvalue weighted by Crippen LogP contribution is 2.27. The quantitative estimate of drug-likeness (QED) is 0.335. The molecule has 1 aromatic heterocycles. The SMILES string of the molecule is CC(c1cccc(C(=O)c2ccccc2)c1)c1nsc(/N=C(\N(C)C)N2CCOCC2)n1. The number of nitrogens with zero attached hydrogens (tertiary/aromatic N) is 5. The highest BCUT2D eigenvalue weighted by Gasteiger charge is 2.20. The van der Waals surface area contributed by atoms with Gasteiger partial charge in [-0.05, 0) is 11.6 Å². The number of ketones is 1. The minimum Gasteiger partial charge on any atom is -0.378 e. The zero-order valence-corrected chi connectivity index (χ0v) is 19.4. The molecule has 0 aliphatic carbocycles. The summed E-state index contributed by atoms with van der Waals surface area (Å²) < 4.78 is 10.0. The Morgan fingerprint density at radius 3 is 2.53 bits per heavy atom. The van der Waals surface area contributed by atoms with E-state index in [1.807, 2.05) is 73.6 Å².